The van der Waals surface area contributed by atoms with Crippen molar-refractivity contribution < 1.29 is 4.42 Å². The van der Waals surface area contributed by atoms with E-state index in [0.717, 1.165) is 78.1 Å². The quantitative estimate of drug-likeness (QED) is 0.191. The molecule has 46 heavy (non-hydrogen) atoms. The van der Waals surface area contributed by atoms with Gasteiger partial charge in [0.1, 0.15) is 11.4 Å². The van der Waals surface area contributed by atoms with E-state index >= 15 is 0 Å². The summed E-state index contributed by atoms with van der Waals surface area (Å²) in [4.78, 5) is 15.1. The Labute approximate surface area is 268 Å². The van der Waals surface area contributed by atoms with Crippen molar-refractivity contribution in [3.63, 3.8) is 0 Å². The minimum Gasteiger partial charge on any atom is -0.437 e. The van der Waals surface area contributed by atoms with Crippen LogP contribution in [-0.4, -0.2) is 19.5 Å². The number of para-hydroxylation sites is 2. The second-order valence-corrected chi connectivity index (χ2v) is 12.4. The van der Waals surface area contributed by atoms with Crippen molar-refractivity contribution in [1.82, 2.24) is 19.5 Å². The van der Waals surface area contributed by atoms with Crippen molar-refractivity contribution in [2.75, 3.05) is 0 Å². The molecule has 4 aromatic heterocycles. The van der Waals surface area contributed by atoms with Gasteiger partial charge in [0, 0.05) is 39.7 Å². The molecule has 5 heteroatoms. The van der Waals surface area contributed by atoms with Gasteiger partial charge in [-0.1, -0.05) is 112 Å². The van der Waals surface area contributed by atoms with Crippen LogP contribution in [0.2, 0.25) is 0 Å². The number of aromatic nitrogens is 4. The van der Waals surface area contributed by atoms with Gasteiger partial charge in [-0.2, -0.15) is 0 Å². The van der Waals surface area contributed by atoms with Crippen LogP contribution in [0.4, 0.5) is 0 Å². The number of pyridine rings is 2. The lowest BCUT2D eigenvalue weighted by Gasteiger charge is -2.20. The highest BCUT2D eigenvalue weighted by molar-refractivity contribution is 6.09. The Morgan fingerprint density at radius 3 is 1.96 bits per heavy atom. The molecular formula is C41H34N4O. The highest BCUT2D eigenvalue weighted by Gasteiger charge is 2.25. The van der Waals surface area contributed by atoms with E-state index in [1.165, 1.54) is 0 Å². The second kappa shape index (κ2) is 11.1. The van der Waals surface area contributed by atoms with Crippen LogP contribution < -0.4 is 0 Å². The van der Waals surface area contributed by atoms with Crippen LogP contribution in [-0.2, 0) is 0 Å². The van der Waals surface area contributed by atoms with Gasteiger partial charge in [0.2, 0.25) is 5.71 Å². The predicted octanol–water partition coefficient (Wildman–Crippen LogP) is 10.8. The molecule has 1 atom stereocenters. The van der Waals surface area contributed by atoms with E-state index < -0.39 is 0 Å². The van der Waals surface area contributed by atoms with Crippen LogP contribution in [0.25, 0.3) is 72.4 Å². The van der Waals surface area contributed by atoms with Crippen LogP contribution in [0.1, 0.15) is 38.1 Å². The maximum atomic E-state index is 6.68. The fourth-order valence-electron chi connectivity index (χ4n) is 6.53. The lowest BCUT2D eigenvalue weighted by Crippen LogP contribution is -2.04. The molecule has 4 heterocycles. The average molecular weight is 599 g/mol. The molecular weight excluding hydrogens is 564 g/mol. The summed E-state index contributed by atoms with van der Waals surface area (Å²) in [6, 6.07) is 40.3. The van der Waals surface area contributed by atoms with Crippen molar-refractivity contribution in [1.29, 1.82) is 0 Å². The van der Waals surface area contributed by atoms with Gasteiger partial charge in [0.05, 0.1) is 28.0 Å². The Balaban J connectivity index is 1.48. The Kier molecular flexibility index (Phi) is 6.75. The number of benzene rings is 4. The number of fused-ring (bicyclic) bond motifs is 4. The lowest BCUT2D eigenvalue weighted by molar-refractivity contribution is 0.521. The zero-order valence-electron chi connectivity index (χ0n) is 26.4. The summed E-state index contributed by atoms with van der Waals surface area (Å²) in [5.74, 6) is 1.60. The lowest BCUT2D eigenvalue weighted by atomic mass is 9.94. The third-order valence-electron chi connectivity index (χ3n) is 9.27. The summed E-state index contributed by atoms with van der Waals surface area (Å²) < 4.78 is 8.97. The van der Waals surface area contributed by atoms with Gasteiger partial charge in [-0.05, 0) is 48.2 Å². The summed E-state index contributed by atoms with van der Waals surface area (Å²) in [7, 11) is 0. The molecule has 1 unspecified atom stereocenters. The molecule has 0 N–H and O–H groups in total. The molecule has 0 bridgehead atoms. The number of hydrogen-bond donors (Lipinski definition) is 0. The van der Waals surface area contributed by atoms with Crippen LogP contribution in [0, 0.1) is 12.8 Å². The average Bonchev–Trinajstić information content (AvgIpc) is 3.67. The van der Waals surface area contributed by atoms with Gasteiger partial charge in [-0.25, -0.2) is 9.97 Å². The van der Waals surface area contributed by atoms with Crippen LogP contribution in [0.5, 0.6) is 0 Å². The zero-order valence-corrected chi connectivity index (χ0v) is 26.4. The van der Waals surface area contributed by atoms with Gasteiger partial charge >= 0.3 is 0 Å². The molecule has 5 nitrogen and oxygen atoms in total. The third kappa shape index (κ3) is 4.50. The smallest absolute Gasteiger partial charge is 0.227 e. The summed E-state index contributed by atoms with van der Waals surface area (Å²) in [5, 5.41) is 2.03. The van der Waals surface area contributed by atoms with Gasteiger partial charge < -0.3 is 4.42 Å². The molecule has 0 amide bonds. The Bertz CT molecular complexity index is 2310. The maximum Gasteiger partial charge on any atom is 0.227 e. The van der Waals surface area contributed by atoms with E-state index in [4.69, 9.17) is 19.4 Å². The van der Waals surface area contributed by atoms with E-state index in [1.54, 1.807) is 0 Å². The van der Waals surface area contributed by atoms with E-state index in [9.17, 15) is 0 Å². The van der Waals surface area contributed by atoms with Gasteiger partial charge in [-0.15, -0.1) is 0 Å². The molecule has 0 radical (unpaired) electrons. The SMILES string of the molecule is Cc1nccc2nc(-c3cccc4c3oc3nc(C(C)C(C)C)ccc34)n(-c3c(-c4ccccc4)cccc3-c3ccccc3)c12. The summed E-state index contributed by atoms with van der Waals surface area (Å²) in [5.41, 5.74) is 11.7. The molecule has 0 saturated heterocycles. The first-order valence-electron chi connectivity index (χ1n) is 15.9. The van der Waals surface area contributed by atoms with Gasteiger partial charge in [-0.3, -0.25) is 9.55 Å². The summed E-state index contributed by atoms with van der Waals surface area (Å²) >= 11 is 0. The largest absolute Gasteiger partial charge is 0.437 e. The van der Waals surface area contributed by atoms with Gasteiger partial charge in [0.15, 0.2) is 0 Å². The topological polar surface area (TPSA) is 56.7 Å². The Hall–Kier alpha value is -5.55. The number of aryl methyl sites for hydroxylation is 1. The minimum atomic E-state index is 0.322. The van der Waals surface area contributed by atoms with Crippen molar-refractivity contribution in [2.24, 2.45) is 5.92 Å². The molecule has 8 aromatic rings. The van der Waals surface area contributed by atoms with E-state index in [-0.39, 0.29) is 0 Å². The highest BCUT2D eigenvalue weighted by Crippen LogP contribution is 2.43. The summed E-state index contributed by atoms with van der Waals surface area (Å²) in [6.45, 7) is 8.73. The first-order valence-corrected chi connectivity index (χ1v) is 15.9. The van der Waals surface area contributed by atoms with Crippen molar-refractivity contribution in [3.05, 3.63) is 133 Å². The van der Waals surface area contributed by atoms with Gasteiger partial charge in [0.25, 0.3) is 0 Å². The molecule has 0 aliphatic carbocycles. The Morgan fingerprint density at radius 2 is 1.28 bits per heavy atom. The number of furan rings is 1. The van der Waals surface area contributed by atoms with Crippen LogP contribution in [0.15, 0.2) is 126 Å². The molecule has 224 valence electrons. The summed E-state index contributed by atoms with van der Waals surface area (Å²) in [6.07, 6.45) is 1.84. The maximum absolute atomic E-state index is 6.68. The zero-order chi connectivity index (χ0) is 31.4. The van der Waals surface area contributed by atoms with E-state index in [2.05, 4.69) is 141 Å². The van der Waals surface area contributed by atoms with Crippen molar-refractivity contribution in [3.8, 4) is 39.3 Å². The molecule has 8 rings (SSSR count). The molecule has 0 aliphatic heterocycles. The number of imidazole rings is 1. The molecule has 4 aromatic carbocycles. The molecule has 0 aliphatic rings. The highest BCUT2D eigenvalue weighted by atomic mass is 16.3. The first-order chi connectivity index (χ1) is 22.5. The number of hydrogen-bond acceptors (Lipinski definition) is 4. The van der Waals surface area contributed by atoms with Crippen molar-refractivity contribution >= 4 is 33.1 Å². The molecule has 0 saturated carbocycles. The standard InChI is InChI=1S/C41H34N4O/c1-25(2)26(3)35-22-21-33-32-19-12-20-34(39(32)46-41(33)44-35)40-43-36-23-24-42-27(4)37(36)45(40)38-30(28-13-7-5-8-14-28)17-11-18-31(38)29-15-9-6-10-16-29/h5-26H,1-4H3. The number of rotatable bonds is 6. The normalized spacial score (nSPS) is 12.5. The second-order valence-electron chi connectivity index (χ2n) is 12.4. The fraction of sp³-hybridized carbons (Fsp3) is 0.146. The first kappa shape index (κ1) is 28.0. The third-order valence-corrected chi connectivity index (χ3v) is 9.27. The monoisotopic (exact) mass is 598 g/mol. The van der Waals surface area contributed by atoms with Crippen LogP contribution >= 0.6 is 0 Å². The fourth-order valence-corrected chi connectivity index (χ4v) is 6.53. The van der Waals surface area contributed by atoms with E-state index in [1.807, 2.05) is 12.3 Å². The van der Waals surface area contributed by atoms with Crippen LogP contribution in [0.3, 0.4) is 0 Å². The molecule has 0 fully saturated rings. The minimum absolute atomic E-state index is 0.322. The van der Waals surface area contributed by atoms with E-state index in [0.29, 0.717) is 17.5 Å². The van der Waals surface area contributed by atoms with Crippen molar-refractivity contribution in [2.45, 2.75) is 33.6 Å². The predicted molar refractivity (Wildman–Crippen MR) is 188 cm³/mol. The molecule has 0 spiro atoms. The number of nitrogens with zero attached hydrogens (tertiary/aromatic N) is 4. The Morgan fingerprint density at radius 1 is 0.630 bits per heavy atom.